The molecule has 28 heavy (non-hydrogen) atoms. The molecular formula is C20H23N3O4S. The van der Waals surface area contributed by atoms with Gasteiger partial charge < -0.3 is 10.6 Å². The third-order valence-corrected chi connectivity index (χ3v) is 5.78. The van der Waals surface area contributed by atoms with E-state index < -0.39 is 10.0 Å². The Kier molecular flexibility index (Phi) is 6.11. The number of carbonyl (C=O) groups excluding carboxylic acids is 2. The number of rotatable bonds is 8. The van der Waals surface area contributed by atoms with E-state index in [1.165, 1.54) is 6.92 Å². The Morgan fingerprint density at radius 1 is 1.00 bits per heavy atom. The number of sulfonamides is 1. The summed E-state index contributed by atoms with van der Waals surface area (Å²) in [5.74, 6) is -0.339. The molecule has 1 fully saturated rings. The summed E-state index contributed by atoms with van der Waals surface area (Å²) in [5.41, 5.74) is 2.10. The second kappa shape index (κ2) is 8.53. The van der Waals surface area contributed by atoms with Crippen LogP contribution in [0.25, 0.3) is 0 Å². The fraction of sp³-hybridized carbons (Fsp3) is 0.300. The second-order valence-electron chi connectivity index (χ2n) is 6.85. The molecule has 2 aromatic rings. The van der Waals surface area contributed by atoms with E-state index in [2.05, 4.69) is 15.4 Å². The molecule has 0 saturated heterocycles. The third kappa shape index (κ3) is 5.90. The molecule has 0 radical (unpaired) electrons. The molecule has 7 nitrogen and oxygen atoms in total. The van der Waals surface area contributed by atoms with E-state index in [-0.39, 0.29) is 29.2 Å². The number of hydrogen-bond donors (Lipinski definition) is 3. The van der Waals surface area contributed by atoms with Gasteiger partial charge in [0.15, 0.2) is 0 Å². The number of aryl methyl sites for hydroxylation is 1. The van der Waals surface area contributed by atoms with Crippen molar-refractivity contribution in [2.75, 3.05) is 10.6 Å². The number of anilines is 2. The van der Waals surface area contributed by atoms with E-state index in [0.29, 0.717) is 17.8 Å². The normalized spacial score (nSPS) is 13.8. The first-order valence-electron chi connectivity index (χ1n) is 9.10. The Hall–Kier alpha value is -2.71. The van der Waals surface area contributed by atoms with Gasteiger partial charge in [-0.25, -0.2) is 13.1 Å². The topological polar surface area (TPSA) is 104 Å². The molecule has 3 N–H and O–H groups in total. The van der Waals surface area contributed by atoms with Crippen molar-refractivity contribution in [3.8, 4) is 0 Å². The van der Waals surface area contributed by atoms with Crippen LogP contribution < -0.4 is 15.4 Å². The SMILES string of the molecule is CC(=O)Nc1cccc(NC(=O)CCc2ccc(S(=O)(=O)NC3CC3)cc2)c1. The molecule has 0 unspecified atom stereocenters. The van der Waals surface area contributed by atoms with E-state index in [1.807, 2.05) is 0 Å². The summed E-state index contributed by atoms with van der Waals surface area (Å²) in [4.78, 5) is 23.5. The molecule has 2 aromatic carbocycles. The Labute approximate surface area is 164 Å². The standard InChI is InChI=1S/C20H23N3O4S/c1-14(24)21-17-3-2-4-18(13-17)22-20(25)12-7-15-5-10-19(11-6-15)28(26,27)23-16-8-9-16/h2-6,10-11,13,16,23H,7-9,12H2,1H3,(H,21,24)(H,22,25). The summed E-state index contributed by atoms with van der Waals surface area (Å²) < 4.78 is 27.0. The van der Waals surface area contributed by atoms with Gasteiger partial charge in [0.2, 0.25) is 21.8 Å². The molecule has 0 atom stereocenters. The Morgan fingerprint density at radius 3 is 2.25 bits per heavy atom. The zero-order valence-electron chi connectivity index (χ0n) is 15.6. The van der Waals surface area contributed by atoms with Crippen molar-refractivity contribution in [3.63, 3.8) is 0 Å². The summed E-state index contributed by atoms with van der Waals surface area (Å²) in [6, 6.07) is 13.6. The summed E-state index contributed by atoms with van der Waals surface area (Å²) in [7, 11) is -3.46. The van der Waals surface area contributed by atoms with Crippen LogP contribution in [0.15, 0.2) is 53.4 Å². The van der Waals surface area contributed by atoms with Crippen molar-refractivity contribution in [1.82, 2.24) is 4.72 Å². The van der Waals surface area contributed by atoms with E-state index in [4.69, 9.17) is 0 Å². The van der Waals surface area contributed by atoms with E-state index in [0.717, 1.165) is 18.4 Å². The highest BCUT2D eigenvalue weighted by Gasteiger charge is 2.27. The van der Waals surface area contributed by atoms with Gasteiger partial charge in [0, 0.05) is 30.8 Å². The predicted octanol–water partition coefficient (Wildman–Crippen LogP) is 2.66. The maximum atomic E-state index is 12.2. The van der Waals surface area contributed by atoms with Crippen molar-refractivity contribution in [2.45, 2.75) is 43.5 Å². The summed E-state index contributed by atoms with van der Waals surface area (Å²) in [5, 5.41) is 5.46. The summed E-state index contributed by atoms with van der Waals surface area (Å²) in [6.45, 7) is 1.42. The van der Waals surface area contributed by atoms with E-state index >= 15 is 0 Å². The van der Waals surface area contributed by atoms with Gasteiger partial charge in [0.05, 0.1) is 4.90 Å². The van der Waals surface area contributed by atoms with Crippen LogP contribution in [0.4, 0.5) is 11.4 Å². The minimum absolute atomic E-state index is 0.0671. The highest BCUT2D eigenvalue weighted by Crippen LogP contribution is 2.22. The Bertz CT molecular complexity index is 967. The van der Waals surface area contributed by atoms with Crippen LogP contribution in [-0.2, 0) is 26.0 Å². The van der Waals surface area contributed by atoms with Crippen LogP contribution in [0, 0.1) is 0 Å². The first-order valence-corrected chi connectivity index (χ1v) is 10.6. The second-order valence-corrected chi connectivity index (χ2v) is 8.56. The van der Waals surface area contributed by atoms with Gasteiger partial charge in [-0.1, -0.05) is 18.2 Å². The first kappa shape index (κ1) is 20.0. The van der Waals surface area contributed by atoms with Gasteiger partial charge in [0.25, 0.3) is 0 Å². The fourth-order valence-electron chi connectivity index (χ4n) is 2.68. The molecule has 2 amide bonds. The van der Waals surface area contributed by atoms with Crippen LogP contribution >= 0.6 is 0 Å². The van der Waals surface area contributed by atoms with Gasteiger partial charge in [-0.05, 0) is 55.2 Å². The molecule has 1 saturated carbocycles. The van der Waals surface area contributed by atoms with Crippen LogP contribution in [0.1, 0.15) is 31.7 Å². The first-order chi connectivity index (χ1) is 13.3. The molecule has 0 aromatic heterocycles. The molecule has 0 aliphatic heterocycles. The van der Waals surface area contributed by atoms with Crippen LogP contribution in [0.3, 0.4) is 0 Å². The van der Waals surface area contributed by atoms with Gasteiger partial charge in [-0.2, -0.15) is 0 Å². The maximum absolute atomic E-state index is 12.2. The fourth-order valence-corrected chi connectivity index (χ4v) is 3.99. The van der Waals surface area contributed by atoms with Crippen molar-refractivity contribution in [1.29, 1.82) is 0 Å². The monoisotopic (exact) mass is 401 g/mol. The lowest BCUT2D eigenvalue weighted by molar-refractivity contribution is -0.116. The van der Waals surface area contributed by atoms with Crippen molar-refractivity contribution < 1.29 is 18.0 Å². The number of amides is 2. The number of benzene rings is 2. The number of hydrogen-bond acceptors (Lipinski definition) is 4. The lowest BCUT2D eigenvalue weighted by atomic mass is 10.1. The minimum atomic E-state index is -3.46. The molecule has 0 heterocycles. The molecule has 8 heteroatoms. The molecule has 148 valence electrons. The zero-order chi connectivity index (χ0) is 20.1. The molecule has 0 spiro atoms. The summed E-state index contributed by atoms with van der Waals surface area (Å²) in [6.07, 6.45) is 2.53. The van der Waals surface area contributed by atoms with Gasteiger partial charge in [-0.15, -0.1) is 0 Å². The predicted molar refractivity (Wildman–Crippen MR) is 107 cm³/mol. The van der Waals surface area contributed by atoms with Crippen molar-refractivity contribution in [3.05, 3.63) is 54.1 Å². The number of nitrogens with one attached hydrogen (secondary N) is 3. The lowest BCUT2D eigenvalue weighted by Gasteiger charge is -2.09. The average Bonchev–Trinajstić information content (AvgIpc) is 3.43. The highest BCUT2D eigenvalue weighted by atomic mass is 32.2. The minimum Gasteiger partial charge on any atom is -0.326 e. The van der Waals surface area contributed by atoms with Gasteiger partial charge >= 0.3 is 0 Å². The molecule has 1 aliphatic carbocycles. The van der Waals surface area contributed by atoms with Crippen LogP contribution in [0.5, 0.6) is 0 Å². The van der Waals surface area contributed by atoms with Gasteiger partial charge in [-0.3, -0.25) is 9.59 Å². The number of carbonyl (C=O) groups is 2. The van der Waals surface area contributed by atoms with Crippen molar-refractivity contribution in [2.24, 2.45) is 0 Å². The highest BCUT2D eigenvalue weighted by molar-refractivity contribution is 7.89. The van der Waals surface area contributed by atoms with Crippen LogP contribution in [-0.4, -0.2) is 26.3 Å². The Morgan fingerprint density at radius 2 is 1.64 bits per heavy atom. The average molecular weight is 401 g/mol. The molecule has 1 aliphatic rings. The zero-order valence-corrected chi connectivity index (χ0v) is 16.4. The van der Waals surface area contributed by atoms with Gasteiger partial charge in [0.1, 0.15) is 0 Å². The largest absolute Gasteiger partial charge is 0.326 e. The molecule has 3 rings (SSSR count). The lowest BCUT2D eigenvalue weighted by Crippen LogP contribution is -2.25. The maximum Gasteiger partial charge on any atom is 0.240 e. The third-order valence-electron chi connectivity index (χ3n) is 4.24. The smallest absolute Gasteiger partial charge is 0.240 e. The van der Waals surface area contributed by atoms with Crippen LogP contribution in [0.2, 0.25) is 0 Å². The van der Waals surface area contributed by atoms with Crippen molar-refractivity contribution >= 4 is 33.2 Å². The Balaban J connectivity index is 1.52. The molecule has 0 bridgehead atoms. The quantitative estimate of drug-likeness (QED) is 0.632. The summed E-state index contributed by atoms with van der Waals surface area (Å²) >= 11 is 0. The van der Waals surface area contributed by atoms with E-state index in [1.54, 1.807) is 48.5 Å². The molecular weight excluding hydrogens is 378 g/mol. The van der Waals surface area contributed by atoms with E-state index in [9.17, 15) is 18.0 Å².